The number of benzene rings is 1. The van der Waals surface area contributed by atoms with Gasteiger partial charge in [0.2, 0.25) is 5.88 Å². The van der Waals surface area contributed by atoms with Crippen LogP contribution in [0.1, 0.15) is 26.0 Å². The summed E-state index contributed by atoms with van der Waals surface area (Å²) in [6.45, 7) is 6.43. The minimum absolute atomic E-state index is 0.493. The molecule has 2 aromatic rings. The molecule has 0 bridgehead atoms. The molecule has 0 saturated heterocycles. The van der Waals surface area contributed by atoms with Crippen molar-refractivity contribution in [3.63, 3.8) is 0 Å². The van der Waals surface area contributed by atoms with Gasteiger partial charge in [-0.15, -0.1) is 0 Å². The molecular weight excluding hydrogens is 266 g/mol. The van der Waals surface area contributed by atoms with E-state index in [1.165, 1.54) is 0 Å². The highest BCUT2D eigenvalue weighted by Gasteiger charge is 2.02. The van der Waals surface area contributed by atoms with Crippen molar-refractivity contribution in [3.8, 4) is 17.4 Å². The van der Waals surface area contributed by atoms with Crippen LogP contribution in [0.5, 0.6) is 17.4 Å². The lowest BCUT2D eigenvalue weighted by atomic mass is 10.3. The van der Waals surface area contributed by atoms with Crippen LogP contribution in [0.2, 0.25) is 0 Å². The molecule has 0 saturated carbocycles. The van der Waals surface area contributed by atoms with Gasteiger partial charge in [-0.2, -0.15) is 0 Å². The lowest BCUT2D eigenvalue weighted by molar-refractivity contribution is 0.317. The molecule has 5 nitrogen and oxygen atoms in total. The van der Waals surface area contributed by atoms with E-state index in [1.54, 1.807) is 12.4 Å². The van der Waals surface area contributed by atoms with Gasteiger partial charge in [-0.3, -0.25) is 4.98 Å². The number of hydrogen-bond donors (Lipinski definition) is 1. The molecule has 0 aliphatic rings. The largest absolute Gasteiger partial charge is 0.494 e. The number of nitrogens with zero attached hydrogens (tertiary/aromatic N) is 2. The first kappa shape index (κ1) is 15.3. The molecule has 0 amide bonds. The van der Waals surface area contributed by atoms with Crippen LogP contribution in [-0.2, 0) is 6.54 Å². The summed E-state index contributed by atoms with van der Waals surface area (Å²) in [5.41, 5.74) is 0.859. The summed E-state index contributed by atoms with van der Waals surface area (Å²) in [6.07, 6.45) is 4.33. The molecule has 1 aromatic carbocycles. The standard InChI is InChI=1S/C16H21N3O2/c1-3-9-20-14-5-7-15(8-6-14)21-16-12-18-11-13(19-16)10-17-4-2/h5-8,11-12,17H,3-4,9-10H2,1-2H3. The number of nitrogens with one attached hydrogen (secondary N) is 1. The van der Waals surface area contributed by atoms with E-state index in [-0.39, 0.29) is 0 Å². The Bertz CT molecular complexity index is 543. The minimum atomic E-state index is 0.493. The van der Waals surface area contributed by atoms with Gasteiger partial charge in [0.25, 0.3) is 0 Å². The average molecular weight is 287 g/mol. The van der Waals surface area contributed by atoms with E-state index in [9.17, 15) is 0 Å². The highest BCUT2D eigenvalue weighted by Crippen LogP contribution is 2.22. The SMILES string of the molecule is CCCOc1ccc(Oc2cncc(CNCC)n2)cc1. The van der Waals surface area contributed by atoms with Crippen LogP contribution >= 0.6 is 0 Å². The third kappa shape index (κ3) is 5.04. The molecule has 0 spiro atoms. The van der Waals surface area contributed by atoms with Crippen LogP contribution in [0, 0.1) is 0 Å². The van der Waals surface area contributed by atoms with Gasteiger partial charge in [0.1, 0.15) is 11.5 Å². The Balaban J connectivity index is 1.97. The van der Waals surface area contributed by atoms with E-state index < -0.39 is 0 Å². The van der Waals surface area contributed by atoms with Gasteiger partial charge in [-0.05, 0) is 37.2 Å². The Hall–Kier alpha value is -2.14. The van der Waals surface area contributed by atoms with Gasteiger partial charge >= 0.3 is 0 Å². The van der Waals surface area contributed by atoms with Gasteiger partial charge in [-0.25, -0.2) is 4.98 Å². The average Bonchev–Trinajstić information content (AvgIpc) is 2.53. The Morgan fingerprint density at radius 2 is 1.81 bits per heavy atom. The maximum absolute atomic E-state index is 5.70. The van der Waals surface area contributed by atoms with Gasteiger partial charge < -0.3 is 14.8 Å². The van der Waals surface area contributed by atoms with E-state index in [4.69, 9.17) is 9.47 Å². The predicted molar refractivity (Wildman–Crippen MR) is 81.7 cm³/mol. The van der Waals surface area contributed by atoms with E-state index in [0.29, 0.717) is 18.2 Å². The van der Waals surface area contributed by atoms with Crippen molar-refractivity contribution in [3.05, 3.63) is 42.4 Å². The van der Waals surface area contributed by atoms with Crippen molar-refractivity contribution >= 4 is 0 Å². The van der Waals surface area contributed by atoms with Crippen molar-refractivity contribution in [2.24, 2.45) is 0 Å². The topological polar surface area (TPSA) is 56.3 Å². The molecule has 1 N–H and O–H groups in total. The second-order valence-electron chi connectivity index (χ2n) is 4.55. The summed E-state index contributed by atoms with van der Waals surface area (Å²) >= 11 is 0. The Kier molecular flexibility index (Phi) is 5.97. The molecular formula is C16H21N3O2. The number of aromatic nitrogens is 2. The number of ether oxygens (including phenoxy) is 2. The summed E-state index contributed by atoms with van der Waals surface area (Å²) in [5.74, 6) is 2.05. The van der Waals surface area contributed by atoms with Crippen LogP contribution < -0.4 is 14.8 Å². The van der Waals surface area contributed by atoms with Crippen molar-refractivity contribution in [2.75, 3.05) is 13.2 Å². The van der Waals surface area contributed by atoms with Crippen molar-refractivity contribution < 1.29 is 9.47 Å². The number of hydrogen-bond acceptors (Lipinski definition) is 5. The molecule has 5 heteroatoms. The normalized spacial score (nSPS) is 10.4. The van der Waals surface area contributed by atoms with Crippen LogP contribution in [0.4, 0.5) is 0 Å². The van der Waals surface area contributed by atoms with Gasteiger partial charge in [0, 0.05) is 12.7 Å². The summed E-state index contributed by atoms with van der Waals surface area (Å²) in [5, 5.41) is 3.21. The van der Waals surface area contributed by atoms with Gasteiger partial charge in [0.15, 0.2) is 0 Å². The fourth-order valence-corrected chi connectivity index (χ4v) is 1.72. The molecule has 112 valence electrons. The minimum Gasteiger partial charge on any atom is -0.494 e. The third-order valence-corrected chi connectivity index (χ3v) is 2.74. The van der Waals surface area contributed by atoms with Gasteiger partial charge in [-0.1, -0.05) is 13.8 Å². The second-order valence-corrected chi connectivity index (χ2v) is 4.55. The summed E-state index contributed by atoms with van der Waals surface area (Å²) in [6, 6.07) is 7.51. The highest BCUT2D eigenvalue weighted by molar-refractivity contribution is 5.33. The first-order valence-corrected chi connectivity index (χ1v) is 7.24. The smallest absolute Gasteiger partial charge is 0.238 e. The van der Waals surface area contributed by atoms with Crippen molar-refractivity contribution in [2.45, 2.75) is 26.8 Å². The lowest BCUT2D eigenvalue weighted by Gasteiger charge is -2.08. The van der Waals surface area contributed by atoms with Crippen molar-refractivity contribution in [1.29, 1.82) is 0 Å². The first-order chi connectivity index (χ1) is 10.3. The monoisotopic (exact) mass is 287 g/mol. The van der Waals surface area contributed by atoms with Crippen LogP contribution in [0.25, 0.3) is 0 Å². The first-order valence-electron chi connectivity index (χ1n) is 7.24. The maximum Gasteiger partial charge on any atom is 0.238 e. The number of rotatable bonds is 8. The van der Waals surface area contributed by atoms with Crippen LogP contribution in [-0.4, -0.2) is 23.1 Å². The Labute approximate surface area is 125 Å². The van der Waals surface area contributed by atoms with E-state index in [2.05, 4.69) is 29.1 Å². The van der Waals surface area contributed by atoms with Gasteiger partial charge in [0.05, 0.1) is 18.5 Å². The molecule has 0 radical (unpaired) electrons. The Morgan fingerprint density at radius 3 is 2.52 bits per heavy atom. The quantitative estimate of drug-likeness (QED) is 0.808. The van der Waals surface area contributed by atoms with E-state index in [0.717, 1.165) is 31.0 Å². The summed E-state index contributed by atoms with van der Waals surface area (Å²) in [4.78, 5) is 8.54. The molecule has 0 fully saturated rings. The molecule has 1 heterocycles. The zero-order valence-electron chi connectivity index (χ0n) is 12.5. The molecule has 0 aliphatic heterocycles. The van der Waals surface area contributed by atoms with Crippen molar-refractivity contribution in [1.82, 2.24) is 15.3 Å². The summed E-state index contributed by atoms with van der Waals surface area (Å²) in [7, 11) is 0. The molecule has 21 heavy (non-hydrogen) atoms. The zero-order chi connectivity index (χ0) is 14.9. The van der Waals surface area contributed by atoms with Crippen LogP contribution in [0.3, 0.4) is 0 Å². The highest BCUT2D eigenvalue weighted by atomic mass is 16.5. The van der Waals surface area contributed by atoms with E-state index in [1.807, 2.05) is 24.3 Å². The molecule has 0 atom stereocenters. The molecule has 2 rings (SSSR count). The Morgan fingerprint density at radius 1 is 1.05 bits per heavy atom. The lowest BCUT2D eigenvalue weighted by Crippen LogP contribution is -2.13. The zero-order valence-corrected chi connectivity index (χ0v) is 12.5. The third-order valence-electron chi connectivity index (χ3n) is 2.74. The van der Waals surface area contributed by atoms with Crippen LogP contribution in [0.15, 0.2) is 36.7 Å². The maximum atomic E-state index is 5.70. The second kappa shape index (κ2) is 8.21. The molecule has 1 aromatic heterocycles. The summed E-state index contributed by atoms with van der Waals surface area (Å²) < 4.78 is 11.2. The molecule has 0 aliphatic carbocycles. The fourth-order valence-electron chi connectivity index (χ4n) is 1.72. The molecule has 0 unspecified atom stereocenters. The fraction of sp³-hybridized carbons (Fsp3) is 0.375. The van der Waals surface area contributed by atoms with E-state index >= 15 is 0 Å². The predicted octanol–water partition coefficient (Wildman–Crippen LogP) is 3.17.